The van der Waals surface area contributed by atoms with Crippen LogP contribution in [0.25, 0.3) is 0 Å². The molecule has 0 fully saturated rings. The van der Waals surface area contributed by atoms with Crippen molar-refractivity contribution in [3.8, 4) is 17.2 Å². The summed E-state index contributed by atoms with van der Waals surface area (Å²) in [5.74, 6) is 0.594. The lowest BCUT2D eigenvalue weighted by molar-refractivity contribution is -0.384. The Hall–Kier alpha value is -4.31. The third kappa shape index (κ3) is 5.35. The molecule has 1 unspecified atom stereocenters. The molecule has 0 aliphatic carbocycles. The van der Waals surface area contributed by atoms with Crippen molar-refractivity contribution in [2.75, 3.05) is 34.5 Å². The molecule has 1 amide bonds. The largest absolute Gasteiger partial charge is 0.493 e. The van der Waals surface area contributed by atoms with Gasteiger partial charge in [-0.1, -0.05) is 11.6 Å². The Bertz CT molecular complexity index is 1380. The van der Waals surface area contributed by atoms with Crippen LogP contribution < -0.4 is 14.2 Å². The molecule has 1 atom stereocenters. The van der Waals surface area contributed by atoms with Gasteiger partial charge >= 0.3 is 5.97 Å². The third-order valence-electron chi connectivity index (χ3n) is 6.34. The summed E-state index contributed by atoms with van der Waals surface area (Å²) in [5, 5.41) is 11.4. The van der Waals surface area contributed by atoms with Gasteiger partial charge in [-0.2, -0.15) is 0 Å². The van der Waals surface area contributed by atoms with Crippen LogP contribution in [0.5, 0.6) is 17.2 Å². The van der Waals surface area contributed by atoms with E-state index in [9.17, 15) is 19.7 Å². The first-order valence-corrected chi connectivity index (χ1v) is 12.0. The number of hydrogen-bond donors (Lipinski definition) is 0. The number of carbonyl (C=O) groups excluding carboxylic acids is 2. The molecule has 3 aromatic rings. The predicted molar refractivity (Wildman–Crippen MR) is 138 cm³/mol. The molecule has 10 nitrogen and oxygen atoms in total. The molecule has 0 N–H and O–H groups in total. The zero-order valence-electron chi connectivity index (χ0n) is 20.9. The van der Waals surface area contributed by atoms with E-state index in [2.05, 4.69) is 0 Å². The molecule has 198 valence electrons. The second-order valence-electron chi connectivity index (χ2n) is 8.42. The van der Waals surface area contributed by atoms with Gasteiger partial charge in [0.2, 0.25) is 0 Å². The van der Waals surface area contributed by atoms with E-state index >= 15 is 0 Å². The Labute approximate surface area is 223 Å². The van der Waals surface area contributed by atoms with Gasteiger partial charge in [-0.3, -0.25) is 14.9 Å². The highest BCUT2D eigenvalue weighted by atomic mass is 35.5. The predicted octanol–water partition coefficient (Wildman–Crippen LogP) is 4.87. The van der Waals surface area contributed by atoms with Crippen LogP contribution in [-0.4, -0.2) is 56.2 Å². The Morgan fingerprint density at radius 3 is 2.34 bits per heavy atom. The number of halogens is 1. The van der Waals surface area contributed by atoms with Crippen molar-refractivity contribution in [2.45, 2.75) is 12.5 Å². The fourth-order valence-corrected chi connectivity index (χ4v) is 4.58. The Morgan fingerprint density at radius 1 is 1.03 bits per heavy atom. The van der Waals surface area contributed by atoms with E-state index < -0.39 is 22.8 Å². The summed E-state index contributed by atoms with van der Waals surface area (Å²) in [6.07, 6.45) is 0.512. The molecule has 0 radical (unpaired) electrons. The van der Waals surface area contributed by atoms with Crippen LogP contribution in [0.3, 0.4) is 0 Å². The van der Waals surface area contributed by atoms with Gasteiger partial charge in [-0.25, -0.2) is 4.79 Å². The Kier molecular flexibility index (Phi) is 8.02. The molecule has 1 heterocycles. The number of nitro benzene ring substituents is 1. The molecule has 0 spiro atoms. The number of amides is 1. The highest BCUT2D eigenvalue weighted by Gasteiger charge is 2.34. The van der Waals surface area contributed by atoms with Crippen molar-refractivity contribution in [1.29, 1.82) is 0 Å². The molecule has 1 aliphatic rings. The molecular formula is C27H25ClN2O8. The average Bonchev–Trinajstić information content (AvgIpc) is 2.94. The fraction of sp³-hybridized carbons (Fsp3) is 0.259. The molecular weight excluding hydrogens is 516 g/mol. The molecule has 1 aliphatic heterocycles. The van der Waals surface area contributed by atoms with E-state index in [1.54, 1.807) is 42.3 Å². The van der Waals surface area contributed by atoms with Gasteiger partial charge in [0, 0.05) is 18.7 Å². The monoisotopic (exact) mass is 540 g/mol. The highest BCUT2D eigenvalue weighted by molar-refractivity contribution is 6.34. The smallest absolute Gasteiger partial charge is 0.337 e. The first-order valence-electron chi connectivity index (χ1n) is 11.6. The van der Waals surface area contributed by atoms with E-state index in [0.29, 0.717) is 35.8 Å². The van der Waals surface area contributed by atoms with Gasteiger partial charge in [-0.05, 0) is 60.0 Å². The maximum atomic E-state index is 13.7. The minimum absolute atomic E-state index is 0.0252. The molecule has 0 saturated carbocycles. The van der Waals surface area contributed by atoms with Crippen molar-refractivity contribution in [2.24, 2.45) is 0 Å². The SMILES string of the molecule is COC(=O)c1ccc(OCC2c3cc(OC)c(OC)cc3CCN2C(=O)c2cc([N+](=O)[O-])ccc2Cl)cc1. The number of carbonyl (C=O) groups is 2. The van der Waals surface area contributed by atoms with Gasteiger partial charge in [0.15, 0.2) is 11.5 Å². The number of non-ortho nitro benzene ring substituents is 1. The molecule has 38 heavy (non-hydrogen) atoms. The minimum Gasteiger partial charge on any atom is -0.493 e. The number of rotatable bonds is 8. The van der Waals surface area contributed by atoms with Gasteiger partial charge in [0.1, 0.15) is 12.4 Å². The maximum Gasteiger partial charge on any atom is 0.337 e. The van der Waals surface area contributed by atoms with Crippen LogP contribution in [0.2, 0.25) is 5.02 Å². The lowest BCUT2D eigenvalue weighted by Gasteiger charge is -2.37. The standard InChI is InChI=1S/C27H25ClN2O8/c1-35-24-12-17-10-11-29(26(31)21-13-18(30(33)34)6-9-22(21)28)23(20(17)14-25(24)36-2)15-38-19-7-4-16(5-8-19)27(32)37-3/h4-9,12-14,23H,10-11,15H2,1-3H3. The highest BCUT2D eigenvalue weighted by Crippen LogP contribution is 2.39. The second kappa shape index (κ2) is 11.4. The van der Waals surface area contributed by atoms with Crippen LogP contribution in [0.4, 0.5) is 5.69 Å². The fourth-order valence-electron chi connectivity index (χ4n) is 4.38. The zero-order chi connectivity index (χ0) is 27.4. The number of nitrogens with zero attached hydrogens (tertiary/aromatic N) is 2. The Morgan fingerprint density at radius 2 is 1.71 bits per heavy atom. The van der Waals surface area contributed by atoms with Crippen LogP contribution in [0.15, 0.2) is 54.6 Å². The molecule has 11 heteroatoms. The summed E-state index contributed by atoms with van der Waals surface area (Å²) in [4.78, 5) is 37.8. The van der Waals surface area contributed by atoms with Gasteiger partial charge in [0.05, 0.1) is 48.4 Å². The van der Waals surface area contributed by atoms with Gasteiger partial charge in [0.25, 0.3) is 11.6 Å². The summed E-state index contributed by atoms with van der Waals surface area (Å²) >= 11 is 6.30. The normalized spacial score (nSPS) is 14.3. The number of methoxy groups -OCH3 is 3. The maximum absolute atomic E-state index is 13.7. The topological polar surface area (TPSA) is 117 Å². The van der Waals surface area contributed by atoms with Gasteiger partial charge in [-0.15, -0.1) is 0 Å². The van der Waals surface area contributed by atoms with Crippen molar-refractivity contribution in [3.63, 3.8) is 0 Å². The molecule has 3 aromatic carbocycles. The van der Waals surface area contributed by atoms with E-state index in [0.717, 1.165) is 11.1 Å². The van der Waals surface area contributed by atoms with Crippen molar-refractivity contribution < 1.29 is 33.5 Å². The van der Waals surface area contributed by atoms with E-state index in [1.807, 2.05) is 6.07 Å². The van der Waals surface area contributed by atoms with Crippen LogP contribution in [0, 0.1) is 10.1 Å². The van der Waals surface area contributed by atoms with Crippen molar-refractivity contribution in [3.05, 3.63) is 92.0 Å². The van der Waals surface area contributed by atoms with Crippen LogP contribution in [0.1, 0.15) is 37.9 Å². The average molecular weight is 541 g/mol. The van der Waals surface area contributed by atoms with Crippen molar-refractivity contribution >= 4 is 29.2 Å². The van der Waals surface area contributed by atoms with E-state index in [-0.39, 0.29) is 22.9 Å². The first-order chi connectivity index (χ1) is 18.3. The summed E-state index contributed by atoms with van der Waals surface area (Å²) in [6.45, 7) is 0.369. The quantitative estimate of drug-likeness (QED) is 0.225. The number of benzene rings is 3. The summed E-state index contributed by atoms with van der Waals surface area (Å²) in [6, 6.07) is 13.3. The molecule has 4 rings (SSSR count). The number of esters is 1. The third-order valence-corrected chi connectivity index (χ3v) is 6.67. The number of hydrogen-bond acceptors (Lipinski definition) is 8. The zero-order valence-corrected chi connectivity index (χ0v) is 21.7. The Balaban J connectivity index is 1.71. The molecule has 0 saturated heterocycles. The lowest BCUT2D eigenvalue weighted by Crippen LogP contribution is -2.42. The van der Waals surface area contributed by atoms with E-state index in [4.69, 9.17) is 30.5 Å². The van der Waals surface area contributed by atoms with Crippen LogP contribution >= 0.6 is 11.6 Å². The molecule has 0 bridgehead atoms. The first kappa shape index (κ1) is 26.7. The lowest BCUT2D eigenvalue weighted by atomic mass is 9.91. The number of fused-ring (bicyclic) bond motifs is 1. The summed E-state index contributed by atoms with van der Waals surface area (Å²) in [5.41, 5.74) is 1.90. The number of ether oxygens (including phenoxy) is 4. The van der Waals surface area contributed by atoms with E-state index in [1.165, 1.54) is 32.4 Å². The summed E-state index contributed by atoms with van der Waals surface area (Å²) in [7, 11) is 4.37. The minimum atomic E-state index is -0.582. The number of nitro groups is 1. The summed E-state index contributed by atoms with van der Waals surface area (Å²) < 4.78 is 21.7. The van der Waals surface area contributed by atoms with Crippen LogP contribution in [-0.2, 0) is 11.2 Å². The second-order valence-corrected chi connectivity index (χ2v) is 8.83. The van der Waals surface area contributed by atoms with Crippen molar-refractivity contribution in [1.82, 2.24) is 4.90 Å². The molecule has 0 aromatic heterocycles. The van der Waals surface area contributed by atoms with Gasteiger partial charge < -0.3 is 23.8 Å².